The molecule has 1 aliphatic heterocycles. The van der Waals surface area contributed by atoms with Crippen molar-refractivity contribution in [2.75, 3.05) is 16.8 Å². The Labute approximate surface area is 158 Å². The van der Waals surface area contributed by atoms with Crippen LogP contribution in [0.15, 0.2) is 48.5 Å². The van der Waals surface area contributed by atoms with Crippen LogP contribution in [0.3, 0.4) is 0 Å². The van der Waals surface area contributed by atoms with Gasteiger partial charge in [-0.05, 0) is 37.6 Å². The molecule has 3 rings (SSSR count). The SMILES string of the molecule is C[C@@H](NCC(=O)N1c2ccccc2NC(=O)C[C@@H]1C)c1ccccc1Cl. The number of amides is 2. The molecule has 0 saturated heterocycles. The van der Waals surface area contributed by atoms with Crippen molar-refractivity contribution in [1.82, 2.24) is 5.32 Å². The van der Waals surface area contributed by atoms with Gasteiger partial charge in [0.25, 0.3) is 0 Å². The maximum atomic E-state index is 12.9. The van der Waals surface area contributed by atoms with Crippen molar-refractivity contribution in [2.45, 2.75) is 32.4 Å². The average Bonchev–Trinajstić information content (AvgIpc) is 2.74. The molecule has 136 valence electrons. The summed E-state index contributed by atoms with van der Waals surface area (Å²) in [6.45, 7) is 4.01. The van der Waals surface area contributed by atoms with E-state index in [0.29, 0.717) is 10.7 Å². The molecule has 0 bridgehead atoms. The molecule has 2 atom stereocenters. The Morgan fingerprint density at radius 3 is 2.73 bits per heavy atom. The average molecular weight is 372 g/mol. The maximum Gasteiger partial charge on any atom is 0.241 e. The fraction of sp³-hybridized carbons (Fsp3) is 0.300. The number of fused-ring (bicyclic) bond motifs is 1. The third kappa shape index (κ3) is 3.89. The van der Waals surface area contributed by atoms with Gasteiger partial charge in [0.2, 0.25) is 11.8 Å². The molecule has 5 nitrogen and oxygen atoms in total. The van der Waals surface area contributed by atoms with Gasteiger partial charge in [0, 0.05) is 23.5 Å². The molecule has 2 aromatic carbocycles. The van der Waals surface area contributed by atoms with Crippen LogP contribution in [0.1, 0.15) is 31.9 Å². The van der Waals surface area contributed by atoms with Gasteiger partial charge in [-0.3, -0.25) is 9.59 Å². The van der Waals surface area contributed by atoms with Crippen molar-refractivity contribution in [1.29, 1.82) is 0 Å². The van der Waals surface area contributed by atoms with E-state index < -0.39 is 0 Å². The van der Waals surface area contributed by atoms with Crippen molar-refractivity contribution in [2.24, 2.45) is 0 Å². The van der Waals surface area contributed by atoms with E-state index >= 15 is 0 Å². The zero-order valence-corrected chi connectivity index (χ0v) is 15.6. The van der Waals surface area contributed by atoms with Crippen LogP contribution < -0.4 is 15.5 Å². The first-order chi connectivity index (χ1) is 12.5. The highest BCUT2D eigenvalue weighted by Gasteiger charge is 2.29. The van der Waals surface area contributed by atoms with Crippen LogP contribution in [-0.2, 0) is 9.59 Å². The Morgan fingerprint density at radius 1 is 1.27 bits per heavy atom. The molecule has 0 radical (unpaired) electrons. The molecule has 2 N–H and O–H groups in total. The normalized spacial score (nSPS) is 17.9. The Balaban J connectivity index is 1.76. The summed E-state index contributed by atoms with van der Waals surface area (Å²) < 4.78 is 0. The van der Waals surface area contributed by atoms with Crippen molar-refractivity contribution in [3.05, 3.63) is 59.1 Å². The molecule has 0 unspecified atom stereocenters. The molecule has 0 aromatic heterocycles. The number of carbonyl (C=O) groups is 2. The summed E-state index contributed by atoms with van der Waals surface area (Å²) in [5.74, 6) is -0.169. The Kier molecular flexibility index (Phi) is 5.59. The Bertz CT molecular complexity index is 824. The molecule has 0 spiro atoms. The number of benzene rings is 2. The molecular weight excluding hydrogens is 350 g/mol. The number of para-hydroxylation sites is 2. The lowest BCUT2D eigenvalue weighted by Crippen LogP contribution is -2.44. The van der Waals surface area contributed by atoms with Crippen molar-refractivity contribution in [3.8, 4) is 0 Å². The minimum atomic E-state index is -0.219. The second-order valence-corrected chi connectivity index (χ2v) is 6.91. The van der Waals surface area contributed by atoms with Gasteiger partial charge in [0.05, 0.1) is 17.9 Å². The summed E-state index contributed by atoms with van der Waals surface area (Å²) in [6.07, 6.45) is 0.264. The van der Waals surface area contributed by atoms with Gasteiger partial charge < -0.3 is 15.5 Å². The predicted octanol–water partition coefficient (Wildman–Crippen LogP) is 3.75. The highest BCUT2D eigenvalue weighted by atomic mass is 35.5. The van der Waals surface area contributed by atoms with E-state index in [0.717, 1.165) is 11.3 Å². The molecule has 1 heterocycles. The standard InChI is InChI=1S/C20H22ClN3O2/c1-13-11-19(25)23-17-9-5-6-10-18(17)24(13)20(26)12-22-14(2)15-7-3-4-8-16(15)21/h3-10,13-14,22H,11-12H2,1-2H3,(H,23,25)/t13-,14+/m0/s1. The summed E-state index contributed by atoms with van der Waals surface area (Å²) >= 11 is 6.23. The summed E-state index contributed by atoms with van der Waals surface area (Å²) in [5.41, 5.74) is 2.33. The molecule has 2 aromatic rings. The quantitative estimate of drug-likeness (QED) is 0.860. The number of halogens is 1. The fourth-order valence-corrected chi connectivity index (χ4v) is 3.53. The molecule has 0 fully saturated rings. The second kappa shape index (κ2) is 7.89. The minimum absolute atomic E-state index is 0.0649. The number of rotatable bonds is 4. The van der Waals surface area contributed by atoms with Gasteiger partial charge in [-0.15, -0.1) is 0 Å². The Hall–Kier alpha value is -2.37. The first-order valence-electron chi connectivity index (χ1n) is 8.66. The van der Waals surface area contributed by atoms with Crippen molar-refractivity contribution in [3.63, 3.8) is 0 Å². The summed E-state index contributed by atoms with van der Waals surface area (Å²) in [6, 6.07) is 14.7. The van der Waals surface area contributed by atoms with Gasteiger partial charge in [-0.25, -0.2) is 0 Å². The molecule has 1 aliphatic rings. The first-order valence-corrected chi connectivity index (χ1v) is 9.04. The number of hydrogen-bond donors (Lipinski definition) is 2. The van der Waals surface area contributed by atoms with E-state index in [4.69, 9.17) is 11.6 Å². The zero-order chi connectivity index (χ0) is 18.7. The third-order valence-corrected chi connectivity index (χ3v) is 4.90. The highest BCUT2D eigenvalue weighted by molar-refractivity contribution is 6.31. The molecule has 0 aliphatic carbocycles. The number of anilines is 2. The van der Waals surface area contributed by atoms with E-state index in [1.54, 1.807) is 4.90 Å². The third-order valence-electron chi connectivity index (χ3n) is 4.56. The molecule has 0 saturated carbocycles. The van der Waals surface area contributed by atoms with Gasteiger partial charge in [0.1, 0.15) is 0 Å². The second-order valence-electron chi connectivity index (χ2n) is 6.51. The predicted molar refractivity (Wildman–Crippen MR) is 105 cm³/mol. The smallest absolute Gasteiger partial charge is 0.241 e. The van der Waals surface area contributed by atoms with Crippen molar-refractivity contribution >= 4 is 34.8 Å². The number of nitrogens with one attached hydrogen (secondary N) is 2. The lowest BCUT2D eigenvalue weighted by Gasteiger charge is -2.28. The lowest BCUT2D eigenvalue weighted by molar-refractivity contribution is -0.118. The van der Waals surface area contributed by atoms with Crippen LogP contribution in [0.2, 0.25) is 5.02 Å². The molecule has 2 amide bonds. The van der Waals surface area contributed by atoms with Crippen LogP contribution in [0, 0.1) is 0 Å². The molecular formula is C20H22ClN3O2. The fourth-order valence-electron chi connectivity index (χ4n) is 3.23. The van der Waals surface area contributed by atoms with Gasteiger partial charge in [0.15, 0.2) is 0 Å². The van der Waals surface area contributed by atoms with Crippen LogP contribution in [0.4, 0.5) is 11.4 Å². The number of hydrogen-bond acceptors (Lipinski definition) is 3. The minimum Gasteiger partial charge on any atom is -0.324 e. The zero-order valence-electron chi connectivity index (χ0n) is 14.8. The van der Waals surface area contributed by atoms with Gasteiger partial charge >= 0.3 is 0 Å². The van der Waals surface area contributed by atoms with Crippen LogP contribution >= 0.6 is 11.6 Å². The molecule has 6 heteroatoms. The number of nitrogens with zero attached hydrogens (tertiary/aromatic N) is 1. The highest BCUT2D eigenvalue weighted by Crippen LogP contribution is 2.31. The van der Waals surface area contributed by atoms with E-state index in [2.05, 4.69) is 10.6 Å². The van der Waals surface area contributed by atoms with Gasteiger partial charge in [-0.2, -0.15) is 0 Å². The summed E-state index contributed by atoms with van der Waals surface area (Å²) in [4.78, 5) is 26.7. The van der Waals surface area contributed by atoms with Crippen LogP contribution in [0.5, 0.6) is 0 Å². The van der Waals surface area contributed by atoms with Gasteiger partial charge in [-0.1, -0.05) is 41.9 Å². The molecule has 26 heavy (non-hydrogen) atoms. The van der Waals surface area contributed by atoms with Crippen LogP contribution in [-0.4, -0.2) is 24.4 Å². The number of carbonyl (C=O) groups excluding carboxylic acids is 2. The Morgan fingerprint density at radius 2 is 1.96 bits per heavy atom. The lowest BCUT2D eigenvalue weighted by atomic mass is 10.1. The largest absolute Gasteiger partial charge is 0.324 e. The monoisotopic (exact) mass is 371 g/mol. The maximum absolute atomic E-state index is 12.9. The summed E-state index contributed by atoms with van der Waals surface area (Å²) in [5, 5.41) is 6.77. The summed E-state index contributed by atoms with van der Waals surface area (Å²) in [7, 11) is 0. The van der Waals surface area contributed by atoms with Crippen molar-refractivity contribution < 1.29 is 9.59 Å². The topological polar surface area (TPSA) is 61.4 Å². The van der Waals surface area contributed by atoms with Crippen LogP contribution in [0.25, 0.3) is 0 Å². The first kappa shape index (κ1) is 18.4. The van der Waals surface area contributed by atoms with E-state index in [1.165, 1.54) is 0 Å². The van der Waals surface area contributed by atoms with E-state index in [9.17, 15) is 9.59 Å². The van der Waals surface area contributed by atoms with E-state index in [-0.39, 0.29) is 36.9 Å². The van der Waals surface area contributed by atoms with E-state index in [1.807, 2.05) is 62.4 Å².